The number of nitrogens with zero attached hydrogens (tertiary/aromatic N) is 2. The van der Waals surface area contributed by atoms with E-state index in [4.69, 9.17) is 4.74 Å². The van der Waals surface area contributed by atoms with Crippen LogP contribution in [0.4, 0.5) is 0 Å². The van der Waals surface area contributed by atoms with Gasteiger partial charge in [-0.2, -0.15) is 4.31 Å². The van der Waals surface area contributed by atoms with Crippen molar-refractivity contribution >= 4 is 20.9 Å². The fraction of sp³-hybridized carbons (Fsp3) is 0.500. The second-order valence-electron chi connectivity index (χ2n) is 6.34. The number of rotatable bonds is 2. The summed E-state index contributed by atoms with van der Waals surface area (Å²) in [5, 5.41) is 0.810. The average molecular weight is 320 g/mol. The molecule has 2 aromatic rings. The molecule has 22 heavy (non-hydrogen) atoms. The van der Waals surface area contributed by atoms with Crippen molar-refractivity contribution in [2.24, 2.45) is 7.05 Å². The van der Waals surface area contributed by atoms with Gasteiger partial charge in [-0.25, -0.2) is 8.42 Å². The van der Waals surface area contributed by atoms with E-state index in [2.05, 4.69) is 0 Å². The highest BCUT2D eigenvalue weighted by Crippen LogP contribution is 2.47. The number of para-hydroxylation sites is 1. The largest absolute Gasteiger partial charge is 0.378 e. The van der Waals surface area contributed by atoms with Gasteiger partial charge in [-0.05, 0) is 25.8 Å². The maximum absolute atomic E-state index is 13.3. The first kappa shape index (κ1) is 14.2. The molecule has 1 saturated heterocycles. The molecule has 2 heterocycles. The molecule has 5 nitrogen and oxygen atoms in total. The Bertz CT molecular complexity index is 850. The molecule has 4 rings (SSSR count). The van der Waals surface area contributed by atoms with Gasteiger partial charge in [-0.1, -0.05) is 18.2 Å². The number of ether oxygens (including phenoxy) is 1. The highest BCUT2D eigenvalue weighted by Gasteiger charge is 2.55. The molecule has 118 valence electrons. The Kier molecular flexibility index (Phi) is 2.95. The number of aromatic nitrogens is 1. The van der Waals surface area contributed by atoms with Crippen LogP contribution in [0, 0.1) is 6.92 Å². The zero-order valence-corrected chi connectivity index (χ0v) is 13.7. The minimum atomic E-state index is -3.51. The van der Waals surface area contributed by atoms with Crippen molar-refractivity contribution in [2.75, 3.05) is 19.8 Å². The number of morpholine rings is 1. The summed E-state index contributed by atoms with van der Waals surface area (Å²) in [5.41, 5.74) is 1.46. The first-order chi connectivity index (χ1) is 10.5. The molecule has 1 aromatic heterocycles. The van der Waals surface area contributed by atoms with Gasteiger partial charge < -0.3 is 9.30 Å². The van der Waals surface area contributed by atoms with Crippen molar-refractivity contribution in [1.82, 2.24) is 8.87 Å². The monoisotopic (exact) mass is 320 g/mol. The van der Waals surface area contributed by atoms with Crippen LogP contribution in [0.2, 0.25) is 0 Å². The summed E-state index contributed by atoms with van der Waals surface area (Å²) in [5.74, 6) is 0. The summed E-state index contributed by atoms with van der Waals surface area (Å²) < 4.78 is 35.9. The Morgan fingerprint density at radius 2 is 1.95 bits per heavy atom. The van der Waals surface area contributed by atoms with Crippen LogP contribution in [-0.4, -0.2) is 42.6 Å². The van der Waals surface area contributed by atoms with Crippen LogP contribution in [0.15, 0.2) is 29.2 Å². The van der Waals surface area contributed by atoms with E-state index in [-0.39, 0.29) is 5.54 Å². The Labute approximate surface area is 130 Å². The molecule has 6 heteroatoms. The highest BCUT2D eigenvalue weighted by atomic mass is 32.2. The topological polar surface area (TPSA) is 51.5 Å². The third kappa shape index (κ3) is 1.81. The van der Waals surface area contributed by atoms with Gasteiger partial charge in [0.05, 0.1) is 18.8 Å². The predicted octanol–water partition coefficient (Wildman–Crippen LogP) is 2.04. The molecule has 2 aliphatic rings. The molecule has 1 saturated carbocycles. The van der Waals surface area contributed by atoms with Crippen LogP contribution >= 0.6 is 0 Å². The molecule has 0 unspecified atom stereocenters. The van der Waals surface area contributed by atoms with Gasteiger partial charge in [0, 0.05) is 30.2 Å². The summed E-state index contributed by atoms with van der Waals surface area (Å²) in [6.07, 6.45) is 1.80. The SMILES string of the molecule is Cc1c(S(=O)(=O)N2CCOCC23CC3)c2ccccc2n1C. The quantitative estimate of drug-likeness (QED) is 0.851. The van der Waals surface area contributed by atoms with Gasteiger partial charge >= 0.3 is 0 Å². The smallest absolute Gasteiger partial charge is 0.246 e. The lowest BCUT2D eigenvalue weighted by atomic mass is 10.2. The van der Waals surface area contributed by atoms with Gasteiger partial charge in [0.2, 0.25) is 10.0 Å². The lowest BCUT2D eigenvalue weighted by Gasteiger charge is -2.35. The van der Waals surface area contributed by atoms with Gasteiger partial charge in [-0.3, -0.25) is 0 Å². The minimum Gasteiger partial charge on any atom is -0.378 e. The van der Waals surface area contributed by atoms with Gasteiger partial charge in [0.25, 0.3) is 0 Å². The van der Waals surface area contributed by atoms with E-state index >= 15 is 0 Å². The summed E-state index contributed by atoms with van der Waals surface area (Å²) in [6.45, 7) is 3.33. The molecular formula is C16H20N2O3S. The molecule has 0 N–H and O–H groups in total. The molecular weight excluding hydrogens is 300 g/mol. The van der Waals surface area contributed by atoms with Crippen LogP contribution < -0.4 is 0 Å². The lowest BCUT2D eigenvalue weighted by Crippen LogP contribution is -2.50. The first-order valence-corrected chi connectivity index (χ1v) is 9.06. The van der Waals surface area contributed by atoms with Crippen molar-refractivity contribution in [2.45, 2.75) is 30.2 Å². The Hall–Kier alpha value is -1.37. The maximum atomic E-state index is 13.3. The number of aryl methyl sites for hydroxylation is 1. The van der Waals surface area contributed by atoms with Gasteiger partial charge in [0.1, 0.15) is 4.90 Å². The van der Waals surface area contributed by atoms with Crippen LogP contribution in [-0.2, 0) is 21.8 Å². The number of sulfonamides is 1. The molecule has 1 aliphatic carbocycles. The van der Waals surface area contributed by atoms with E-state index in [1.807, 2.05) is 42.8 Å². The molecule has 0 radical (unpaired) electrons. The molecule has 1 aliphatic heterocycles. The van der Waals surface area contributed by atoms with E-state index in [1.54, 1.807) is 4.31 Å². The van der Waals surface area contributed by atoms with E-state index in [0.29, 0.717) is 24.7 Å². The highest BCUT2D eigenvalue weighted by molar-refractivity contribution is 7.89. The Morgan fingerprint density at radius 3 is 2.68 bits per heavy atom. The minimum absolute atomic E-state index is 0.291. The van der Waals surface area contributed by atoms with E-state index in [1.165, 1.54) is 0 Å². The van der Waals surface area contributed by atoms with E-state index in [9.17, 15) is 8.42 Å². The summed E-state index contributed by atoms with van der Waals surface area (Å²) in [6, 6.07) is 7.70. The maximum Gasteiger partial charge on any atom is 0.246 e. The number of benzene rings is 1. The fourth-order valence-electron chi connectivity index (χ4n) is 3.55. The van der Waals surface area contributed by atoms with Crippen LogP contribution in [0.3, 0.4) is 0 Å². The molecule has 2 fully saturated rings. The van der Waals surface area contributed by atoms with Gasteiger partial charge in [-0.15, -0.1) is 0 Å². The van der Waals surface area contributed by atoms with Crippen LogP contribution in [0.5, 0.6) is 0 Å². The lowest BCUT2D eigenvalue weighted by molar-refractivity contribution is 0.0214. The second-order valence-corrected chi connectivity index (χ2v) is 8.14. The van der Waals surface area contributed by atoms with Crippen LogP contribution in [0.1, 0.15) is 18.5 Å². The standard InChI is InChI=1S/C16H20N2O3S/c1-12-15(13-5-3-4-6-14(13)17(12)2)22(19,20)18-9-10-21-11-16(18)7-8-16/h3-6H,7-11H2,1-2H3. The van der Waals surface area contributed by atoms with Crippen molar-refractivity contribution in [3.63, 3.8) is 0 Å². The Balaban J connectivity index is 1.93. The normalized spacial score (nSPS) is 21.5. The third-order valence-corrected chi connectivity index (χ3v) is 7.24. The van der Waals surface area contributed by atoms with Crippen molar-refractivity contribution in [1.29, 1.82) is 0 Å². The number of hydrogen-bond donors (Lipinski definition) is 0. The van der Waals surface area contributed by atoms with Gasteiger partial charge in [0.15, 0.2) is 0 Å². The van der Waals surface area contributed by atoms with Crippen molar-refractivity contribution in [3.8, 4) is 0 Å². The molecule has 0 bridgehead atoms. The third-order valence-electron chi connectivity index (χ3n) is 5.06. The fourth-order valence-corrected chi connectivity index (χ4v) is 5.79. The Morgan fingerprint density at radius 1 is 1.23 bits per heavy atom. The molecule has 1 aromatic carbocycles. The first-order valence-electron chi connectivity index (χ1n) is 7.62. The van der Waals surface area contributed by atoms with E-state index < -0.39 is 10.0 Å². The zero-order valence-electron chi connectivity index (χ0n) is 12.9. The molecule has 1 spiro atoms. The van der Waals surface area contributed by atoms with Crippen LogP contribution in [0.25, 0.3) is 10.9 Å². The van der Waals surface area contributed by atoms with E-state index in [0.717, 1.165) is 29.4 Å². The average Bonchev–Trinajstić information content (AvgIpc) is 3.20. The predicted molar refractivity (Wildman–Crippen MR) is 84.3 cm³/mol. The molecule has 0 amide bonds. The summed E-state index contributed by atoms with van der Waals surface area (Å²) in [7, 11) is -1.59. The zero-order chi connectivity index (χ0) is 15.5. The summed E-state index contributed by atoms with van der Waals surface area (Å²) >= 11 is 0. The number of hydrogen-bond acceptors (Lipinski definition) is 3. The van der Waals surface area contributed by atoms with Crippen molar-refractivity contribution in [3.05, 3.63) is 30.0 Å². The van der Waals surface area contributed by atoms with Crippen molar-refractivity contribution < 1.29 is 13.2 Å². The number of fused-ring (bicyclic) bond motifs is 1. The molecule has 0 atom stereocenters. The second kappa shape index (κ2) is 4.57. The summed E-state index contributed by atoms with van der Waals surface area (Å²) in [4.78, 5) is 0.457.